The van der Waals surface area contributed by atoms with Gasteiger partial charge in [0.15, 0.2) is 0 Å². The molecule has 1 aromatic heterocycles. The molecule has 0 spiro atoms. The molecule has 74 valence electrons. The molecule has 6 heteroatoms. The van der Waals surface area contributed by atoms with Crippen LogP contribution in [0.3, 0.4) is 0 Å². The number of hydrogen-bond donors (Lipinski definition) is 1. The van der Waals surface area contributed by atoms with E-state index in [1.54, 1.807) is 24.3 Å². The van der Waals surface area contributed by atoms with Crippen LogP contribution in [0, 0.1) is 11.3 Å². The highest BCUT2D eigenvalue weighted by molar-refractivity contribution is 6.28. The Labute approximate surface area is 89.5 Å². The van der Waals surface area contributed by atoms with Gasteiger partial charge in [-0.3, -0.25) is 0 Å². The van der Waals surface area contributed by atoms with Crippen LogP contribution in [0.4, 0.5) is 0 Å². The lowest BCUT2D eigenvalue weighted by Crippen LogP contribution is -2.15. The highest BCUT2D eigenvalue weighted by Gasteiger charge is 2.10. The molecule has 0 saturated heterocycles. The summed E-state index contributed by atoms with van der Waals surface area (Å²) >= 11 is 5.72. The molecule has 1 N–H and O–H groups in total. The van der Waals surface area contributed by atoms with Gasteiger partial charge in [0.2, 0.25) is 5.28 Å². The molecule has 0 unspecified atom stereocenters. The largest absolute Gasteiger partial charge is 0.348 e. The monoisotopic (exact) mass is 220 g/mol. The fraction of sp³-hybridized carbons (Fsp3) is 0. The van der Waals surface area contributed by atoms with E-state index in [4.69, 9.17) is 16.9 Å². The van der Waals surface area contributed by atoms with Gasteiger partial charge in [-0.1, -0.05) is 12.1 Å². The smallest absolute Gasteiger partial charge is 0.246 e. The van der Waals surface area contributed by atoms with Crippen molar-refractivity contribution in [1.29, 1.82) is 5.26 Å². The molecule has 0 aliphatic rings. The lowest BCUT2D eigenvalue weighted by atomic mass is 10.2. The van der Waals surface area contributed by atoms with Crippen molar-refractivity contribution in [2.75, 3.05) is 0 Å². The highest BCUT2D eigenvalue weighted by Crippen LogP contribution is 2.14. The number of nitriles is 1. The molecule has 0 radical (unpaired) electrons. The summed E-state index contributed by atoms with van der Waals surface area (Å²) in [5, 5.41) is 14.6. The zero-order valence-electron chi connectivity index (χ0n) is 7.44. The van der Waals surface area contributed by atoms with Crippen molar-refractivity contribution in [2.24, 2.45) is 0 Å². The Morgan fingerprint density at radius 3 is 2.80 bits per heavy atom. The third kappa shape index (κ3) is 1.51. The molecule has 1 aromatic carbocycles. The second kappa shape index (κ2) is 3.59. The van der Waals surface area contributed by atoms with E-state index in [2.05, 4.69) is 10.2 Å². The molecule has 0 saturated carbocycles. The number of halogens is 1. The first kappa shape index (κ1) is 9.49. The maximum absolute atomic E-state index is 11.4. The van der Waals surface area contributed by atoms with Crippen molar-refractivity contribution in [1.82, 2.24) is 14.8 Å². The lowest BCUT2D eigenvalue weighted by Gasteiger charge is -2.02. The molecule has 0 amide bonds. The van der Waals surface area contributed by atoms with E-state index in [9.17, 15) is 4.79 Å². The quantitative estimate of drug-likeness (QED) is 0.782. The van der Waals surface area contributed by atoms with E-state index in [1.807, 2.05) is 6.07 Å². The Bertz CT molecular complexity index is 593. The van der Waals surface area contributed by atoms with Gasteiger partial charge in [0.05, 0.1) is 11.3 Å². The number of rotatable bonds is 1. The third-order valence-electron chi connectivity index (χ3n) is 1.90. The molecule has 2 aromatic rings. The fourth-order valence-electron chi connectivity index (χ4n) is 1.25. The standard InChI is InChI=1S/C9H5ClN4O/c10-8-12-13-9(15)14(8)7-4-2-1-3-6(7)5-11/h1-4H,(H,13,15). The Hall–Kier alpha value is -2.06. The molecule has 0 fully saturated rings. The van der Waals surface area contributed by atoms with E-state index in [-0.39, 0.29) is 5.28 Å². The van der Waals surface area contributed by atoms with Crippen molar-refractivity contribution in [3.05, 3.63) is 45.6 Å². The molecule has 15 heavy (non-hydrogen) atoms. The summed E-state index contributed by atoms with van der Waals surface area (Å²) in [6.45, 7) is 0. The summed E-state index contributed by atoms with van der Waals surface area (Å²) in [5.41, 5.74) is 0.314. The van der Waals surface area contributed by atoms with Gasteiger partial charge < -0.3 is 0 Å². The van der Waals surface area contributed by atoms with Crippen LogP contribution >= 0.6 is 11.6 Å². The zero-order chi connectivity index (χ0) is 10.8. The molecular weight excluding hydrogens is 216 g/mol. The van der Waals surface area contributed by atoms with Crippen molar-refractivity contribution < 1.29 is 0 Å². The van der Waals surface area contributed by atoms with Gasteiger partial charge >= 0.3 is 5.69 Å². The number of nitrogens with zero attached hydrogens (tertiary/aromatic N) is 3. The summed E-state index contributed by atoms with van der Waals surface area (Å²) in [5.74, 6) is 0. The van der Waals surface area contributed by atoms with E-state index in [0.717, 1.165) is 4.57 Å². The average molecular weight is 221 g/mol. The fourth-order valence-corrected chi connectivity index (χ4v) is 1.46. The van der Waals surface area contributed by atoms with Crippen LogP contribution in [0.5, 0.6) is 0 Å². The minimum Gasteiger partial charge on any atom is -0.246 e. The van der Waals surface area contributed by atoms with E-state index in [0.29, 0.717) is 11.3 Å². The number of aromatic amines is 1. The molecule has 0 atom stereocenters. The molecule has 0 aliphatic heterocycles. The molecule has 1 heterocycles. The number of para-hydroxylation sites is 1. The Balaban J connectivity index is 2.76. The topological polar surface area (TPSA) is 74.5 Å². The van der Waals surface area contributed by atoms with Crippen LogP contribution < -0.4 is 5.69 Å². The number of aromatic nitrogens is 3. The van der Waals surface area contributed by atoms with Crippen LogP contribution in [0.15, 0.2) is 29.1 Å². The predicted octanol–water partition coefficient (Wildman–Crippen LogP) is 1.09. The Morgan fingerprint density at radius 2 is 2.20 bits per heavy atom. The van der Waals surface area contributed by atoms with Gasteiger partial charge in [0.25, 0.3) is 0 Å². The summed E-state index contributed by atoms with van der Waals surface area (Å²) in [6.07, 6.45) is 0. The van der Waals surface area contributed by atoms with Crippen molar-refractivity contribution in [2.45, 2.75) is 0 Å². The average Bonchev–Trinajstić information content (AvgIpc) is 2.59. The van der Waals surface area contributed by atoms with Crippen molar-refractivity contribution in [3.63, 3.8) is 0 Å². The molecule has 5 nitrogen and oxygen atoms in total. The van der Waals surface area contributed by atoms with Crippen molar-refractivity contribution in [3.8, 4) is 11.8 Å². The first-order chi connectivity index (χ1) is 7.24. The number of hydrogen-bond acceptors (Lipinski definition) is 3. The van der Waals surface area contributed by atoms with Crippen molar-refractivity contribution >= 4 is 11.6 Å². The van der Waals surface area contributed by atoms with Gasteiger partial charge in [-0.2, -0.15) is 5.26 Å². The first-order valence-corrected chi connectivity index (χ1v) is 4.44. The first-order valence-electron chi connectivity index (χ1n) is 4.06. The van der Waals surface area contributed by atoms with Gasteiger partial charge in [-0.05, 0) is 23.7 Å². The SMILES string of the molecule is N#Cc1ccccc1-n1c(Cl)n[nH]c1=O. The minimum atomic E-state index is -0.470. The van der Waals surface area contributed by atoms with Crippen LogP contribution in [0.2, 0.25) is 5.28 Å². The summed E-state index contributed by atoms with van der Waals surface area (Å²) in [4.78, 5) is 11.4. The maximum Gasteiger partial charge on any atom is 0.348 e. The zero-order valence-corrected chi connectivity index (χ0v) is 8.19. The van der Waals surface area contributed by atoms with E-state index >= 15 is 0 Å². The van der Waals surface area contributed by atoms with Gasteiger partial charge in [-0.15, -0.1) is 5.10 Å². The van der Waals surface area contributed by atoms with Crippen LogP contribution in [0.1, 0.15) is 5.56 Å². The van der Waals surface area contributed by atoms with Gasteiger partial charge in [0, 0.05) is 0 Å². The summed E-state index contributed by atoms with van der Waals surface area (Å²) in [6, 6.07) is 8.63. The minimum absolute atomic E-state index is 0.00250. The van der Waals surface area contributed by atoms with Crippen LogP contribution in [0.25, 0.3) is 5.69 Å². The van der Waals surface area contributed by atoms with E-state index in [1.165, 1.54) is 0 Å². The molecular formula is C9H5ClN4O. The highest BCUT2D eigenvalue weighted by atomic mass is 35.5. The number of benzene rings is 1. The normalized spacial score (nSPS) is 9.87. The second-order valence-corrected chi connectivity index (χ2v) is 3.10. The summed E-state index contributed by atoms with van der Waals surface area (Å²) in [7, 11) is 0. The second-order valence-electron chi connectivity index (χ2n) is 2.76. The van der Waals surface area contributed by atoms with Crippen LogP contribution in [-0.2, 0) is 0 Å². The predicted molar refractivity (Wildman–Crippen MR) is 53.9 cm³/mol. The van der Waals surface area contributed by atoms with Crippen LogP contribution in [-0.4, -0.2) is 14.8 Å². The van der Waals surface area contributed by atoms with Gasteiger partial charge in [-0.25, -0.2) is 14.5 Å². The molecule has 0 bridgehead atoms. The summed E-state index contributed by atoms with van der Waals surface area (Å²) < 4.78 is 1.14. The molecule has 2 rings (SSSR count). The number of nitrogens with one attached hydrogen (secondary N) is 1. The number of H-pyrrole nitrogens is 1. The Morgan fingerprint density at radius 1 is 1.47 bits per heavy atom. The van der Waals surface area contributed by atoms with E-state index < -0.39 is 5.69 Å². The maximum atomic E-state index is 11.4. The Kier molecular flexibility index (Phi) is 2.27. The third-order valence-corrected chi connectivity index (χ3v) is 2.15. The van der Waals surface area contributed by atoms with Gasteiger partial charge in [0.1, 0.15) is 6.07 Å². The lowest BCUT2D eigenvalue weighted by molar-refractivity contribution is 0.979. The molecule has 0 aliphatic carbocycles.